The number of hydrogen-bond donors (Lipinski definition) is 0. The number of rotatable bonds is 8. The third kappa shape index (κ3) is 7.67. The van der Waals surface area contributed by atoms with Crippen LogP contribution in [0, 0.1) is 22.7 Å². The molecule has 15 aromatic rings. The highest BCUT2D eigenvalue weighted by Gasteiger charge is 2.44. The Bertz CT molecular complexity index is 5310. The lowest BCUT2D eigenvalue weighted by atomic mass is 9.33. The average molecular weight is 1110 g/mol. The van der Waals surface area contributed by atoms with Gasteiger partial charge in [-0.15, -0.1) is 0 Å². The third-order valence-corrected chi connectivity index (χ3v) is 18.0. The number of benzene rings is 13. The van der Waals surface area contributed by atoms with Gasteiger partial charge in [0.2, 0.25) is 0 Å². The largest absolute Gasteiger partial charge is 0.311 e. The molecule has 0 bridgehead atoms. The SMILES string of the molecule is N#Cc1ccc(-n2c3ccccc3c3ccccc32)c(-c2ccc3c(c2)N(c2ccccc2-c2ccccc2)c2cccc4c2B3c2ccc(-c3cc(-n5c6ccccc6c6ccccc65)ccc3C#N)cc2N4c2ccccc2-c2ccccc2)c1. The molecular formula is C80H49BN6. The number of hydrogen-bond acceptors (Lipinski definition) is 4. The molecule has 2 aromatic heterocycles. The summed E-state index contributed by atoms with van der Waals surface area (Å²) in [5, 5.41) is 26.4. The molecular weight excluding hydrogens is 1060 g/mol. The Kier molecular flexibility index (Phi) is 11.4. The van der Waals surface area contributed by atoms with Crippen LogP contribution in [0.4, 0.5) is 34.1 Å². The Morgan fingerprint density at radius 1 is 0.276 bits per heavy atom. The van der Waals surface area contributed by atoms with E-state index in [0.717, 1.165) is 123 Å². The van der Waals surface area contributed by atoms with Crippen LogP contribution in [0.25, 0.3) is 99.5 Å². The molecule has 0 unspecified atom stereocenters. The highest BCUT2D eigenvalue weighted by Crippen LogP contribution is 2.50. The van der Waals surface area contributed by atoms with Crippen molar-refractivity contribution in [3.63, 3.8) is 0 Å². The highest BCUT2D eigenvalue weighted by molar-refractivity contribution is 7.00. The highest BCUT2D eigenvalue weighted by atomic mass is 15.2. The van der Waals surface area contributed by atoms with Gasteiger partial charge in [-0.25, -0.2) is 0 Å². The van der Waals surface area contributed by atoms with Gasteiger partial charge in [-0.05, 0) is 136 Å². The van der Waals surface area contributed by atoms with E-state index in [0.29, 0.717) is 11.1 Å². The van der Waals surface area contributed by atoms with Gasteiger partial charge in [0, 0.05) is 72.2 Å². The molecule has 0 spiro atoms. The topological polar surface area (TPSA) is 63.9 Å². The molecule has 0 saturated heterocycles. The van der Waals surface area contributed by atoms with Crippen molar-refractivity contribution in [3.05, 3.63) is 308 Å². The fraction of sp³-hybridized carbons (Fsp3) is 0. The van der Waals surface area contributed by atoms with Crippen LogP contribution in [0.5, 0.6) is 0 Å². The molecule has 0 N–H and O–H groups in total. The van der Waals surface area contributed by atoms with Gasteiger partial charge >= 0.3 is 0 Å². The molecule has 0 radical (unpaired) electrons. The first-order valence-corrected chi connectivity index (χ1v) is 29.5. The van der Waals surface area contributed by atoms with Gasteiger partial charge in [0.25, 0.3) is 6.71 Å². The zero-order chi connectivity index (χ0) is 57.7. The van der Waals surface area contributed by atoms with Gasteiger partial charge in [-0.1, -0.05) is 200 Å². The molecule has 0 amide bonds. The van der Waals surface area contributed by atoms with Crippen LogP contribution in [0.3, 0.4) is 0 Å². The van der Waals surface area contributed by atoms with Crippen LogP contribution in [0.15, 0.2) is 297 Å². The van der Waals surface area contributed by atoms with Gasteiger partial charge in [-0.3, -0.25) is 0 Å². The molecule has 2 aliphatic rings. The molecule has 0 atom stereocenters. The Hall–Kier alpha value is -11.9. The molecule has 7 heteroatoms. The van der Waals surface area contributed by atoms with E-state index in [4.69, 9.17) is 0 Å². The summed E-state index contributed by atoms with van der Waals surface area (Å²) in [7, 11) is 0. The number of anilines is 6. The van der Waals surface area contributed by atoms with E-state index < -0.39 is 0 Å². The molecule has 0 aliphatic carbocycles. The van der Waals surface area contributed by atoms with Crippen molar-refractivity contribution in [3.8, 4) is 68.0 Å². The first-order valence-electron chi connectivity index (χ1n) is 29.5. The predicted octanol–water partition coefficient (Wildman–Crippen LogP) is 18.4. The molecule has 4 heterocycles. The average Bonchev–Trinajstić information content (AvgIpc) is 1.53. The van der Waals surface area contributed by atoms with E-state index in [2.05, 4.69) is 316 Å². The zero-order valence-electron chi connectivity index (χ0n) is 47.1. The number of nitriles is 2. The lowest BCUT2D eigenvalue weighted by molar-refractivity contribution is 1.18. The fourth-order valence-corrected chi connectivity index (χ4v) is 14.3. The van der Waals surface area contributed by atoms with Crippen LogP contribution < -0.4 is 26.2 Å². The fourth-order valence-electron chi connectivity index (χ4n) is 14.3. The molecule has 2 aliphatic heterocycles. The summed E-state index contributed by atoms with van der Waals surface area (Å²) in [6.45, 7) is -0.230. The van der Waals surface area contributed by atoms with Crippen LogP contribution in [0.2, 0.25) is 0 Å². The Morgan fingerprint density at radius 3 is 1.23 bits per heavy atom. The van der Waals surface area contributed by atoms with E-state index in [1.165, 1.54) is 27.0 Å². The lowest BCUT2D eigenvalue weighted by Crippen LogP contribution is -2.61. The normalized spacial score (nSPS) is 12.3. The summed E-state index contributed by atoms with van der Waals surface area (Å²) < 4.78 is 4.68. The first kappa shape index (κ1) is 49.7. The van der Waals surface area contributed by atoms with E-state index in [-0.39, 0.29) is 6.71 Å². The maximum absolute atomic E-state index is 11.1. The van der Waals surface area contributed by atoms with Crippen molar-refractivity contribution in [2.75, 3.05) is 9.80 Å². The molecule has 13 aromatic carbocycles. The molecule has 87 heavy (non-hydrogen) atoms. The summed E-state index contributed by atoms with van der Waals surface area (Å²) in [6, 6.07) is 111. The van der Waals surface area contributed by atoms with Crippen LogP contribution in [-0.2, 0) is 0 Å². The van der Waals surface area contributed by atoms with Crippen molar-refractivity contribution in [2.24, 2.45) is 0 Å². The Labute approximate surface area is 503 Å². The Morgan fingerprint density at radius 2 is 0.724 bits per heavy atom. The molecule has 402 valence electrons. The zero-order valence-corrected chi connectivity index (χ0v) is 47.1. The number of fused-ring (bicyclic) bond motifs is 10. The monoisotopic (exact) mass is 1100 g/mol. The van der Waals surface area contributed by atoms with Gasteiger partial charge in [0.15, 0.2) is 0 Å². The minimum absolute atomic E-state index is 0.230. The second-order valence-corrected chi connectivity index (χ2v) is 22.6. The first-order chi connectivity index (χ1) is 43.1. The van der Waals surface area contributed by atoms with Crippen LogP contribution >= 0.6 is 0 Å². The Balaban J connectivity index is 0.934. The predicted molar refractivity (Wildman–Crippen MR) is 360 cm³/mol. The van der Waals surface area contributed by atoms with E-state index in [1.54, 1.807) is 0 Å². The second kappa shape index (κ2) is 19.9. The van der Waals surface area contributed by atoms with Gasteiger partial charge < -0.3 is 18.9 Å². The van der Waals surface area contributed by atoms with Crippen LogP contribution in [-0.4, -0.2) is 15.8 Å². The summed E-state index contributed by atoms with van der Waals surface area (Å²) in [6.07, 6.45) is 0. The molecule has 0 saturated carbocycles. The van der Waals surface area contributed by atoms with Gasteiger partial charge in [-0.2, -0.15) is 10.5 Å². The van der Waals surface area contributed by atoms with Crippen LogP contribution in [0.1, 0.15) is 11.1 Å². The lowest BCUT2D eigenvalue weighted by Gasteiger charge is -2.45. The molecule has 0 fully saturated rings. The quantitative estimate of drug-likeness (QED) is 0.142. The summed E-state index contributed by atoms with van der Waals surface area (Å²) in [5.41, 5.74) is 25.5. The van der Waals surface area contributed by atoms with E-state index in [1.807, 2.05) is 12.1 Å². The summed E-state index contributed by atoms with van der Waals surface area (Å²) in [4.78, 5) is 4.97. The number of para-hydroxylation sites is 6. The van der Waals surface area contributed by atoms with E-state index in [9.17, 15) is 10.5 Å². The van der Waals surface area contributed by atoms with E-state index >= 15 is 0 Å². The van der Waals surface area contributed by atoms with Gasteiger partial charge in [0.05, 0.1) is 62.4 Å². The summed E-state index contributed by atoms with van der Waals surface area (Å²) >= 11 is 0. The van der Waals surface area contributed by atoms with Crippen molar-refractivity contribution in [2.45, 2.75) is 0 Å². The van der Waals surface area contributed by atoms with Crippen molar-refractivity contribution < 1.29 is 0 Å². The third-order valence-electron chi connectivity index (χ3n) is 18.0. The van der Waals surface area contributed by atoms with Crippen molar-refractivity contribution in [1.29, 1.82) is 10.5 Å². The number of nitrogens with zero attached hydrogens (tertiary/aromatic N) is 6. The summed E-state index contributed by atoms with van der Waals surface area (Å²) in [5.74, 6) is 0. The van der Waals surface area contributed by atoms with Crippen molar-refractivity contribution in [1.82, 2.24) is 9.13 Å². The standard InChI is InChI=1S/C80H49BN6/c82-50-52-38-45-75(85-73-34-17-11-28-63(73)64-29-12-18-35-74(64)85)66(46-52)56-41-44-68-79(48-56)87(70-31-14-8-25-60(70)54-22-5-2-6-23-54)77-37-19-36-76-80(77)81(68)67-43-40-55(47-78(67)86(76)69-30-13-7-24-59(69)53-20-3-1-4-21-53)65-49-58(42-39-57(65)51-83)84-71-32-15-9-26-61(71)62-27-10-16-33-72(62)84/h1-49H. The smallest absolute Gasteiger partial charge is 0.252 e. The number of aromatic nitrogens is 2. The maximum atomic E-state index is 11.1. The minimum atomic E-state index is -0.230. The minimum Gasteiger partial charge on any atom is -0.311 e. The second-order valence-electron chi connectivity index (χ2n) is 22.6. The maximum Gasteiger partial charge on any atom is 0.252 e. The van der Waals surface area contributed by atoms with Crippen molar-refractivity contribution >= 4 is 101 Å². The molecule has 17 rings (SSSR count). The van der Waals surface area contributed by atoms with Gasteiger partial charge in [0.1, 0.15) is 0 Å². The molecule has 6 nitrogen and oxygen atoms in total.